The summed E-state index contributed by atoms with van der Waals surface area (Å²) in [4.78, 5) is 31.8. The third-order valence-electron chi connectivity index (χ3n) is 5.71. The number of hydrogen-bond donors (Lipinski definition) is 1. The number of carbonyl (C=O) groups is 2. The fourth-order valence-electron chi connectivity index (χ4n) is 3.91. The lowest BCUT2D eigenvalue weighted by molar-refractivity contribution is -0.122. The molecule has 1 aliphatic heterocycles. The summed E-state index contributed by atoms with van der Waals surface area (Å²) >= 11 is 0. The zero-order valence-corrected chi connectivity index (χ0v) is 18.1. The van der Waals surface area contributed by atoms with Gasteiger partial charge in [-0.2, -0.15) is 4.98 Å². The molecule has 1 saturated heterocycles. The Morgan fingerprint density at radius 1 is 1.00 bits per heavy atom. The first-order valence-corrected chi connectivity index (χ1v) is 10.7. The highest BCUT2D eigenvalue weighted by Crippen LogP contribution is 2.30. The molecule has 3 aromatic carbocycles. The van der Waals surface area contributed by atoms with Crippen molar-refractivity contribution in [3.05, 3.63) is 84.4 Å². The third-order valence-corrected chi connectivity index (χ3v) is 5.71. The summed E-state index contributed by atoms with van der Waals surface area (Å²) < 4.78 is 5.48. The molecule has 1 aromatic heterocycles. The van der Waals surface area contributed by atoms with Crippen molar-refractivity contribution in [1.82, 2.24) is 10.1 Å². The van der Waals surface area contributed by atoms with Crippen molar-refractivity contribution in [2.24, 2.45) is 5.92 Å². The summed E-state index contributed by atoms with van der Waals surface area (Å²) in [6, 6.07) is 24.5. The van der Waals surface area contributed by atoms with Crippen molar-refractivity contribution >= 4 is 23.2 Å². The van der Waals surface area contributed by atoms with Gasteiger partial charge in [-0.15, -0.1) is 0 Å². The third kappa shape index (κ3) is 4.25. The van der Waals surface area contributed by atoms with Gasteiger partial charge in [0.05, 0.1) is 17.2 Å². The molecule has 164 valence electrons. The minimum atomic E-state index is -0.450. The van der Waals surface area contributed by atoms with Crippen LogP contribution in [-0.4, -0.2) is 28.5 Å². The number of amides is 2. The van der Waals surface area contributed by atoms with E-state index in [0.717, 1.165) is 16.8 Å². The average Bonchev–Trinajstić information content (AvgIpc) is 3.48. The molecule has 0 radical (unpaired) electrons. The van der Waals surface area contributed by atoms with Gasteiger partial charge in [0.2, 0.25) is 17.6 Å². The molecule has 33 heavy (non-hydrogen) atoms. The number of nitrogens with one attached hydrogen (secondary N) is 1. The summed E-state index contributed by atoms with van der Waals surface area (Å²) in [6.07, 6.45) is 0.167. The fourth-order valence-corrected chi connectivity index (χ4v) is 3.91. The smallest absolute Gasteiger partial charge is 0.260 e. The lowest BCUT2D eigenvalue weighted by Crippen LogP contribution is -2.28. The maximum absolute atomic E-state index is 13.0. The minimum Gasteiger partial charge on any atom is -0.334 e. The van der Waals surface area contributed by atoms with Crippen LogP contribution in [0.3, 0.4) is 0 Å². The Labute approximate surface area is 191 Å². The summed E-state index contributed by atoms with van der Waals surface area (Å²) in [5.41, 5.74) is 3.95. The molecule has 2 heterocycles. The SMILES string of the molecule is Cc1ccc(N2C[C@@H](C(=O)Nc3ccccc3-c3nc(-c4ccccc4)no3)CC2=O)cc1. The van der Waals surface area contributed by atoms with Crippen LogP contribution in [-0.2, 0) is 9.59 Å². The lowest BCUT2D eigenvalue weighted by Gasteiger charge is -2.17. The highest BCUT2D eigenvalue weighted by Gasteiger charge is 2.35. The Hall–Kier alpha value is -4.26. The van der Waals surface area contributed by atoms with Gasteiger partial charge in [0, 0.05) is 24.2 Å². The van der Waals surface area contributed by atoms with Gasteiger partial charge in [0.15, 0.2) is 0 Å². The van der Waals surface area contributed by atoms with Crippen molar-refractivity contribution in [1.29, 1.82) is 0 Å². The second kappa shape index (κ2) is 8.70. The maximum Gasteiger partial charge on any atom is 0.260 e. The van der Waals surface area contributed by atoms with Crippen LogP contribution in [0.1, 0.15) is 12.0 Å². The van der Waals surface area contributed by atoms with Crippen molar-refractivity contribution in [3.8, 4) is 22.8 Å². The molecule has 1 atom stereocenters. The first kappa shape index (κ1) is 20.6. The van der Waals surface area contributed by atoms with E-state index in [4.69, 9.17) is 4.52 Å². The van der Waals surface area contributed by atoms with Crippen LogP contribution in [0.4, 0.5) is 11.4 Å². The number of carbonyl (C=O) groups excluding carboxylic acids is 2. The molecule has 5 rings (SSSR count). The van der Waals surface area contributed by atoms with E-state index < -0.39 is 5.92 Å². The van der Waals surface area contributed by atoms with Crippen LogP contribution >= 0.6 is 0 Å². The number of aromatic nitrogens is 2. The molecule has 1 aliphatic rings. The average molecular weight is 438 g/mol. The number of para-hydroxylation sites is 1. The van der Waals surface area contributed by atoms with Gasteiger partial charge in [-0.05, 0) is 31.2 Å². The number of aryl methyl sites for hydroxylation is 1. The van der Waals surface area contributed by atoms with E-state index in [2.05, 4.69) is 15.5 Å². The lowest BCUT2D eigenvalue weighted by atomic mass is 10.1. The van der Waals surface area contributed by atoms with E-state index in [1.54, 1.807) is 11.0 Å². The Bertz CT molecular complexity index is 1300. The number of hydrogen-bond acceptors (Lipinski definition) is 5. The zero-order chi connectivity index (χ0) is 22.8. The van der Waals surface area contributed by atoms with Crippen LogP contribution in [0.25, 0.3) is 22.8 Å². The number of rotatable bonds is 5. The van der Waals surface area contributed by atoms with Crippen molar-refractivity contribution in [3.63, 3.8) is 0 Å². The summed E-state index contributed by atoms with van der Waals surface area (Å²) in [5, 5.41) is 7.03. The summed E-state index contributed by atoms with van der Waals surface area (Å²) in [6.45, 7) is 2.34. The second-order valence-corrected chi connectivity index (χ2v) is 8.06. The first-order valence-electron chi connectivity index (χ1n) is 10.7. The Morgan fingerprint density at radius 3 is 2.52 bits per heavy atom. The first-order chi connectivity index (χ1) is 16.1. The van der Waals surface area contributed by atoms with Gasteiger partial charge in [0.1, 0.15) is 0 Å². The van der Waals surface area contributed by atoms with E-state index in [1.807, 2.05) is 79.7 Å². The topological polar surface area (TPSA) is 88.3 Å². The molecule has 0 spiro atoms. The van der Waals surface area contributed by atoms with Crippen LogP contribution in [0.5, 0.6) is 0 Å². The molecule has 0 aliphatic carbocycles. The molecule has 1 N–H and O–H groups in total. The maximum atomic E-state index is 13.0. The Morgan fingerprint density at radius 2 is 1.73 bits per heavy atom. The normalized spacial score (nSPS) is 15.6. The van der Waals surface area contributed by atoms with Gasteiger partial charge in [0.25, 0.3) is 5.89 Å². The van der Waals surface area contributed by atoms with Crippen LogP contribution in [0, 0.1) is 12.8 Å². The molecule has 4 aromatic rings. The highest BCUT2D eigenvalue weighted by molar-refractivity contribution is 6.04. The summed E-state index contributed by atoms with van der Waals surface area (Å²) in [5.74, 6) is 0.0646. The Kier molecular flexibility index (Phi) is 5.44. The molecule has 0 saturated carbocycles. The Balaban J connectivity index is 1.34. The molecule has 0 bridgehead atoms. The van der Waals surface area contributed by atoms with Gasteiger partial charge in [-0.25, -0.2) is 0 Å². The van der Waals surface area contributed by atoms with E-state index in [9.17, 15) is 9.59 Å². The van der Waals surface area contributed by atoms with Gasteiger partial charge in [-0.1, -0.05) is 65.3 Å². The van der Waals surface area contributed by atoms with E-state index in [1.165, 1.54) is 0 Å². The standard InChI is InChI=1S/C26H22N4O3/c1-17-11-13-20(14-12-17)30-16-19(15-23(30)31)25(32)27-22-10-6-5-9-21(22)26-28-24(29-33-26)18-7-3-2-4-8-18/h2-14,19H,15-16H2,1H3,(H,27,32)/t19-/m0/s1. The van der Waals surface area contributed by atoms with Gasteiger partial charge < -0.3 is 14.7 Å². The molecule has 2 amide bonds. The van der Waals surface area contributed by atoms with Crippen LogP contribution in [0.15, 0.2) is 83.4 Å². The van der Waals surface area contributed by atoms with Crippen LogP contribution < -0.4 is 10.2 Å². The zero-order valence-electron chi connectivity index (χ0n) is 18.1. The van der Waals surface area contributed by atoms with Crippen molar-refractivity contribution in [2.45, 2.75) is 13.3 Å². The van der Waals surface area contributed by atoms with Gasteiger partial charge in [-0.3, -0.25) is 9.59 Å². The minimum absolute atomic E-state index is 0.0586. The second-order valence-electron chi connectivity index (χ2n) is 8.06. The van der Waals surface area contributed by atoms with Crippen molar-refractivity contribution < 1.29 is 14.1 Å². The molecule has 7 heteroatoms. The molecule has 1 fully saturated rings. The van der Waals surface area contributed by atoms with E-state index >= 15 is 0 Å². The molecular weight excluding hydrogens is 416 g/mol. The van der Waals surface area contributed by atoms with E-state index in [-0.39, 0.29) is 18.2 Å². The predicted octanol–water partition coefficient (Wildman–Crippen LogP) is 4.70. The van der Waals surface area contributed by atoms with E-state index in [0.29, 0.717) is 29.5 Å². The number of nitrogens with zero attached hydrogens (tertiary/aromatic N) is 3. The number of benzene rings is 3. The quantitative estimate of drug-likeness (QED) is 0.488. The van der Waals surface area contributed by atoms with Crippen molar-refractivity contribution in [2.75, 3.05) is 16.8 Å². The fraction of sp³-hybridized carbons (Fsp3) is 0.154. The predicted molar refractivity (Wildman–Crippen MR) is 125 cm³/mol. The highest BCUT2D eigenvalue weighted by atomic mass is 16.5. The molecule has 7 nitrogen and oxygen atoms in total. The molecule has 0 unspecified atom stereocenters. The monoisotopic (exact) mass is 438 g/mol. The van der Waals surface area contributed by atoms with Gasteiger partial charge >= 0.3 is 0 Å². The number of anilines is 2. The largest absolute Gasteiger partial charge is 0.334 e. The molecular formula is C26H22N4O3. The van der Waals surface area contributed by atoms with Crippen LogP contribution in [0.2, 0.25) is 0 Å². The summed E-state index contributed by atoms with van der Waals surface area (Å²) in [7, 11) is 0.